The second-order valence-electron chi connectivity index (χ2n) is 3.22. The third-order valence-corrected chi connectivity index (χ3v) is 2.88. The van der Waals surface area contributed by atoms with Crippen molar-refractivity contribution in [2.45, 2.75) is 51.9 Å². The monoisotopic (exact) mass is 343 g/mol. The van der Waals surface area contributed by atoms with Crippen LogP contribution in [0.25, 0.3) is 0 Å². The van der Waals surface area contributed by atoms with Crippen molar-refractivity contribution >= 4 is 8.58 Å². The van der Waals surface area contributed by atoms with Gasteiger partial charge in [0.1, 0.15) is 0 Å². The molecule has 0 spiro atoms. The van der Waals surface area contributed by atoms with E-state index in [4.69, 9.17) is 0 Å². The number of rotatable bonds is 8. The van der Waals surface area contributed by atoms with E-state index in [1.807, 2.05) is 0 Å². The predicted molar refractivity (Wildman–Crippen MR) is 57.1 cm³/mol. The van der Waals surface area contributed by atoms with Crippen LogP contribution in [0.3, 0.4) is 0 Å². The van der Waals surface area contributed by atoms with Crippen LogP contribution in [-0.2, 0) is 0 Å². The maximum atomic E-state index is 2.30. The molecule has 0 heterocycles. The Balaban J connectivity index is 0. The Kier molecular flexibility index (Phi) is 20.3. The molecule has 0 amide bonds. The zero-order valence-electron chi connectivity index (χ0n) is 8.43. The van der Waals surface area contributed by atoms with Gasteiger partial charge >= 0.3 is 0 Å². The third-order valence-electron chi connectivity index (χ3n) is 2.03. The van der Waals surface area contributed by atoms with E-state index < -0.39 is 0 Å². The Labute approximate surface area is 109 Å². The molecular formula is C10H23PTm. The van der Waals surface area contributed by atoms with Crippen molar-refractivity contribution in [3.63, 3.8) is 0 Å². The van der Waals surface area contributed by atoms with E-state index in [9.17, 15) is 0 Å². The van der Waals surface area contributed by atoms with Gasteiger partial charge in [0.2, 0.25) is 0 Å². The van der Waals surface area contributed by atoms with Gasteiger partial charge in [-0.05, 0) is 19.2 Å². The first-order valence-electron chi connectivity index (χ1n) is 5.06. The van der Waals surface area contributed by atoms with Gasteiger partial charge in [0.05, 0.1) is 0 Å². The van der Waals surface area contributed by atoms with E-state index in [1.165, 1.54) is 59.7 Å². The van der Waals surface area contributed by atoms with Crippen LogP contribution in [-0.4, -0.2) is 12.8 Å². The predicted octanol–water partition coefficient (Wildman–Crippen LogP) is 4.05. The summed E-state index contributed by atoms with van der Waals surface area (Å²) in [4.78, 5) is 0. The van der Waals surface area contributed by atoms with E-state index in [-0.39, 0.29) is 36.9 Å². The second-order valence-corrected chi connectivity index (χ2v) is 4.43. The summed E-state index contributed by atoms with van der Waals surface area (Å²) in [6.07, 6.45) is 11.6. The fraction of sp³-hybridized carbons (Fsp3) is 1.00. The summed E-state index contributed by atoms with van der Waals surface area (Å²) < 4.78 is 0. The van der Waals surface area contributed by atoms with E-state index in [0.717, 1.165) is 0 Å². The molecule has 81 valence electrons. The largest absolute Gasteiger partial charge is 0.125 e. The molecule has 0 bridgehead atoms. The molecule has 0 rings (SSSR count). The fourth-order valence-electron chi connectivity index (χ4n) is 1.26. The molecule has 1 unspecified atom stereocenters. The summed E-state index contributed by atoms with van der Waals surface area (Å²) >= 11 is 0. The Bertz CT molecular complexity index is 58.9. The van der Waals surface area contributed by atoms with Crippen molar-refractivity contribution in [3.8, 4) is 0 Å². The Morgan fingerprint density at radius 1 is 0.833 bits per heavy atom. The maximum absolute atomic E-state index is 2.30. The summed E-state index contributed by atoms with van der Waals surface area (Å²) in [6, 6.07) is 0. The molecule has 0 nitrogen and oxygen atoms in total. The molecule has 0 saturated carbocycles. The SMILES string of the molecule is CCCCCCCCCPC.[Tm]. The molecule has 0 aromatic rings. The standard InChI is InChI=1S/C10H23P.Tm/c1-3-4-5-6-7-8-9-10-11-2;/h11H,3-10H2,1-2H3;. The zero-order chi connectivity index (χ0) is 8.36. The number of hydrogen-bond acceptors (Lipinski definition) is 0. The van der Waals surface area contributed by atoms with Crippen LogP contribution in [0.15, 0.2) is 0 Å². The van der Waals surface area contributed by atoms with Gasteiger partial charge in [-0.2, -0.15) is 0 Å². The van der Waals surface area contributed by atoms with Crippen molar-refractivity contribution < 1.29 is 36.9 Å². The quantitative estimate of drug-likeness (QED) is 0.461. The van der Waals surface area contributed by atoms with Gasteiger partial charge in [0.25, 0.3) is 0 Å². The van der Waals surface area contributed by atoms with E-state index in [0.29, 0.717) is 0 Å². The molecule has 0 fully saturated rings. The molecular weight excluding hydrogens is 320 g/mol. The van der Waals surface area contributed by atoms with E-state index in [2.05, 4.69) is 13.6 Å². The van der Waals surface area contributed by atoms with Crippen LogP contribution in [0.1, 0.15) is 51.9 Å². The Morgan fingerprint density at radius 2 is 1.33 bits per heavy atom. The first kappa shape index (κ1) is 16.1. The first-order chi connectivity index (χ1) is 5.41. The van der Waals surface area contributed by atoms with Gasteiger partial charge < -0.3 is 0 Å². The fourth-order valence-corrected chi connectivity index (χ4v) is 1.86. The third kappa shape index (κ3) is 14.2. The topological polar surface area (TPSA) is 0 Å². The molecule has 2 heteroatoms. The summed E-state index contributed by atoms with van der Waals surface area (Å²) in [5.41, 5.74) is 0. The minimum Gasteiger partial charge on any atom is -0.125 e. The van der Waals surface area contributed by atoms with E-state index in [1.54, 1.807) is 0 Å². The van der Waals surface area contributed by atoms with Crippen LogP contribution in [0.2, 0.25) is 0 Å². The molecule has 1 radical (unpaired) electrons. The molecule has 0 aromatic heterocycles. The molecule has 0 aliphatic carbocycles. The van der Waals surface area contributed by atoms with Gasteiger partial charge in [0, 0.05) is 36.9 Å². The number of hydrogen-bond donors (Lipinski definition) is 0. The molecule has 0 N–H and O–H groups in total. The van der Waals surface area contributed by atoms with Crippen LogP contribution >= 0.6 is 8.58 Å². The minimum absolute atomic E-state index is 0. The van der Waals surface area contributed by atoms with Crippen LogP contribution in [0, 0.1) is 36.9 Å². The van der Waals surface area contributed by atoms with Crippen molar-refractivity contribution in [3.05, 3.63) is 0 Å². The van der Waals surface area contributed by atoms with Gasteiger partial charge in [0.15, 0.2) is 0 Å². The smallest absolute Gasteiger partial charge is 0 e. The molecule has 0 aromatic carbocycles. The van der Waals surface area contributed by atoms with Crippen molar-refractivity contribution in [2.75, 3.05) is 12.8 Å². The summed E-state index contributed by atoms with van der Waals surface area (Å²) in [6.45, 7) is 4.58. The van der Waals surface area contributed by atoms with Crippen LogP contribution < -0.4 is 0 Å². The summed E-state index contributed by atoms with van der Waals surface area (Å²) in [5, 5.41) is 0. The molecule has 1 atom stereocenters. The average Bonchev–Trinajstić information content (AvgIpc) is 2.03. The molecule has 12 heavy (non-hydrogen) atoms. The van der Waals surface area contributed by atoms with Crippen molar-refractivity contribution in [2.24, 2.45) is 0 Å². The van der Waals surface area contributed by atoms with Gasteiger partial charge in [-0.15, -0.1) is 8.58 Å². The normalized spacial score (nSPS) is 10.5. The van der Waals surface area contributed by atoms with Gasteiger partial charge in [-0.3, -0.25) is 0 Å². The van der Waals surface area contributed by atoms with Crippen molar-refractivity contribution in [1.82, 2.24) is 0 Å². The zero-order valence-corrected chi connectivity index (χ0v) is 11.2. The Morgan fingerprint density at radius 3 is 1.83 bits per heavy atom. The van der Waals surface area contributed by atoms with Crippen LogP contribution in [0.5, 0.6) is 0 Å². The first-order valence-corrected chi connectivity index (χ1v) is 6.77. The maximum Gasteiger partial charge on any atom is 0 e. The molecule has 0 aliphatic heterocycles. The van der Waals surface area contributed by atoms with E-state index >= 15 is 0 Å². The van der Waals surface area contributed by atoms with Gasteiger partial charge in [-0.25, -0.2) is 0 Å². The number of unbranched alkanes of at least 4 members (excludes halogenated alkanes) is 6. The van der Waals surface area contributed by atoms with Crippen molar-refractivity contribution in [1.29, 1.82) is 0 Å². The van der Waals surface area contributed by atoms with Gasteiger partial charge in [-0.1, -0.05) is 45.4 Å². The molecule has 0 aliphatic rings. The minimum atomic E-state index is 0. The van der Waals surface area contributed by atoms with Crippen LogP contribution in [0.4, 0.5) is 0 Å². The second kappa shape index (κ2) is 15.2. The Hall–Kier alpha value is 1.66. The summed E-state index contributed by atoms with van der Waals surface area (Å²) in [7, 11) is 1.17. The average molecular weight is 343 g/mol. The summed E-state index contributed by atoms with van der Waals surface area (Å²) in [5.74, 6) is 0. The molecule has 0 saturated heterocycles.